The van der Waals surface area contributed by atoms with Crippen LogP contribution in [0.3, 0.4) is 0 Å². The van der Waals surface area contributed by atoms with Crippen LogP contribution in [0.25, 0.3) is 0 Å². The summed E-state index contributed by atoms with van der Waals surface area (Å²) < 4.78 is 38.5. The van der Waals surface area contributed by atoms with E-state index >= 15 is 0 Å². The smallest absolute Gasteiger partial charge is 0.391 e. The van der Waals surface area contributed by atoms with Crippen LogP contribution in [-0.4, -0.2) is 17.3 Å². The van der Waals surface area contributed by atoms with Gasteiger partial charge in [-0.1, -0.05) is 24.1 Å². The van der Waals surface area contributed by atoms with Gasteiger partial charge in [0.1, 0.15) is 5.75 Å². The maximum atomic E-state index is 12.8. The van der Waals surface area contributed by atoms with Gasteiger partial charge in [0.05, 0.1) is 5.92 Å². The van der Waals surface area contributed by atoms with Gasteiger partial charge in [0.2, 0.25) is 0 Å². The molecule has 1 aromatic carbocycles. The van der Waals surface area contributed by atoms with Gasteiger partial charge in [0.25, 0.3) is 0 Å². The first-order valence-electron chi connectivity index (χ1n) is 7.39. The number of halogens is 3. The summed E-state index contributed by atoms with van der Waals surface area (Å²) in [6.45, 7) is 3.81. The predicted octanol–water partition coefficient (Wildman–Crippen LogP) is 4.47. The number of benzene rings is 1. The van der Waals surface area contributed by atoms with Gasteiger partial charge in [-0.3, -0.25) is 0 Å². The molecule has 3 unspecified atom stereocenters. The first-order valence-corrected chi connectivity index (χ1v) is 7.39. The van der Waals surface area contributed by atoms with E-state index in [-0.39, 0.29) is 30.7 Å². The highest BCUT2D eigenvalue weighted by molar-refractivity contribution is 5.37. The van der Waals surface area contributed by atoms with Gasteiger partial charge in [-0.05, 0) is 39.2 Å². The van der Waals surface area contributed by atoms with Crippen molar-refractivity contribution in [2.24, 2.45) is 5.92 Å². The van der Waals surface area contributed by atoms with E-state index in [0.29, 0.717) is 6.42 Å². The summed E-state index contributed by atoms with van der Waals surface area (Å²) in [5.74, 6) is -1.02. The minimum Gasteiger partial charge on any atom is -0.508 e. The Morgan fingerprint density at radius 2 is 2.00 bits per heavy atom. The first-order chi connectivity index (χ1) is 9.77. The van der Waals surface area contributed by atoms with Crippen molar-refractivity contribution in [1.29, 1.82) is 0 Å². The molecular formula is C16H22F3NO. The van der Waals surface area contributed by atoms with E-state index in [0.717, 1.165) is 17.5 Å². The van der Waals surface area contributed by atoms with E-state index in [1.165, 1.54) is 0 Å². The molecule has 0 aromatic heterocycles. The van der Waals surface area contributed by atoms with Gasteiger partial charge in [0, 0.05) is 17.6 Å². The SMILES string of the molecule is Cc1ccc(O)c(C(C)NC2CCCC(C(F)(F)F)C2)c1. The van der Waals surface area contributed by atoms with Crippen molar-refractivity contribution in [3.8, 4) is 5.75 Å². The van der Waals surface area contributed by atoms with Crippen LogP contribution in [0.5, 0.6) is 5.75 Å². The number of hydrogen-bond acceptors (Lipinski definition) is 2. The summed E-state index contributed by atoms with van der Waals surface area (Å²) in [4.78, 5) is 0. The van der Waals surface area contributed by atoms with Gasteiger partial charge >= 0.3 is 6.18 Å². The monoisotopic (exact) mass is 301 g/mol. The molecule has 5 heteroatoms. The average molecular weight is 301 g/mol. The van der Waals surface area contributed by atoms with Gasteiger partial charge in [0.15, 0.2) is 0 Å². The van der Waals surface area contributed by atoms with Crippen LogP contribution in [-0.2, 0) is 0 Å². The zero-order valence-electron chi connectivity index (χ0n) is 12.4. The fourth-order valence-corrected chi connectivity index (χ4v) is 3.10. The second-order valence-corrected chi connectivity index (χ2v) is 6.05. The van der Waals surface area contributed by atoms with Crippen molar-refractivity contribution >= 4 is 0 Å². The van der Waals surface area contributed by atoms with Crippen molar-refractivity contribution in [2.75, 3.05) is 0 Å². The number of phenols is 1. The molecule has 118 valence electrons. The number of rotatable bonds is 3. The van der Waals surface area contributed by atoms with Crippen LogP contribution in [0, 0.1) is 12.8 Å². The number of alkyl halides is 3. The summed E-state index contributed by atoms with van der Waals surface area (Å²) in [6.07, 6.45) is -2.40. The standard InChI is InChI=1S/C16H22F3NO/c1-10-6-7-15(21)14(8-10)11(2)20-13-5-3-4-12(9-13)16(17,18)19/h6-8,11-13,20-21H,3-5,9H2,1-2H3. The molecule has 21 heavy (non-hydrogen) atoms. The van der Waals surface area contributed by atoms with E-state index in [9.17, 15) is 18.3 Å². The summed E-state index contributed by atoms with van der Waals surface area (Å²) in [6, 6.07) is 4.99. The summed E-state index contributed by atoms with van der Waals surface area (Å²) in [5.41, 5.74) is 1.76. The Bertz CT molecular complexity index is 487. The molecule has 1 aliphatic rings. The molecule has 1 saturated carbocycles. The number of phenolic OH excluding ortho intramolecular Hbond substituents is 1. The number of aromatic hydroxyl groups is 1. The van der Waals surface area contributed by atoms with Crippen LogP contribution >= 0.6 is 0 Å². The van der Waals surface area contributed by atoms with Crippen molar-refractivity contribution in [2.45, 2.75) is 57.8 Å². The molecule has 2 nitrogen and oxygen atoms in total. The summed E-state index contributed by atoms with van der Waals surface area (Å²) in [7, 11) is 0. The Morgan fingerprint density at radius 1 is 1.29 bits per heavy atom. The second-order valence-electron chi connectivity index (χ2n) is 6.05. The summed E-state index contributed by atoms with van der Waals surface area (Å²) >= 11 is 0. The lowest BCUT2D eigenvalue weighted by Gasteiger charge is -2.33. The van der Waals surface area contributed by atoms with Gasteiger partial charge in [-0.2, -0.15) is 13.2 Å². The molecule has 3 atom stereocenters. The Hall–Kier alpha value is -1.23. The van der Waals surface area contributed by atoms with Crippen molar-refractivity contribution in [1.82, 2.24) is 5.32 Å². The summed E-state index contributed by atoms with van der Waals surface area (Å²) in [5, 5.41) is 13.1. The van der Waals surface area contributed by atoms with Gasteiger partial charge < -0.3 is 10.4 Å². The third kappa shape index (κ3) is 4.13. The Labute approximate surface area is 123 Å². The maximum absolute atomic E-state index is 12.8. The van der Waals surface area contributed by atoms with Crippen molar-refractivity contribution < 1.29 is 18.3 Å². The average Bonchev–Trinajstić information content (AvgIpc) is 2.41. The number of hydrogen-bond donors (Lipinski definition) is 2. The molecule has 1 fully saturated rings. The van der Waals surface area contributed by atoms with Crippen LogP contribution < -0.4 is 5.32 Å². The molecule has 0 bridgehead atoms. The van der Waals surface area contributed by atoms with E-state index < -0.39 is 12.1 Å². The van der Waals surface area contributed by atoms with Gasteiger partial charge in [-0.15, -0.1) is 0 Å². The zero-order chi connectivity index (χ0) is 15.6. The zero-order valence-corrected chi connectivity index (χ0v) is 12.4. The third-order valence-electron chi connectivity index (χ3n) is 4.27. The molecule has 2 rings (SSSR count). The second kappa shape index (κ2) is 6.26. The molecule has 1 aromatic rings. The lowest BCUT2D eigenvalue weighted by Crippen LogP contribution is -2.39. The quantitative estimate of drug-likeness (QED) is 0.863. The molecule has 2 N–H and O–H groups in total. The highest BCUT2D eigenvalue weighted by Gasteiger charge is 2.42. The molecule has 0 aliphatic heterocycles. The predicted molar refractivity (Wildman–Crippen MR) is 76.2 cm³/mol. The molecular weight excluding hydrogens is 279 g/mol. The lowest BCUT2D eigenvalue weighted by atomic mass is 9.84. The van der Waals surface area contributed by atoms with Crippen LogP contribution in [0.2, 0.25) is 0 Å². The topological polar surface area (TPSA) is 32.3 Å². The maximum Gasteiger partial charge on any atom is 0.391 e. The molecule has 0 heterocycles. The third-order valence-corrected chi connectivity index (χ3v) is 4.27. The molecule has 0 radical (unpaired) electrons. The Kier molecular flexibility index (Phi) is 4.81. The normalized spacial score (nSPS) is 24.8. The Balaban J connectivity index is 2.02. The van der Waals surface area contributed by atoms with E-state index in [1.807, 2.05) is 26.0 Å². The lowest BCUT2D eigenvalue weighted by molar-refractivity contribution is -0.183. The Morgan fingerprint density at radius 3 is 2.67 bits per heavy atom. The van der Waals surface area contributed by atoms with Crippen LogP contribution in [0.1, 0.15) is 49.8 Å². The minimum atomic E-state index is -4.10. The number of nitrogens with one attached hydrogen (secondary N) is 1. The minimum absolute atomic E-state index is 0.125. The fourth-order valence-electron chi connectivity index (χ4n) is 3.10. The molecule has 0 spiro atoms. The highest BCUT2D eigenvalue weighted by atomic mass is 19.4. The van der Waals surface area contributed by atoms with Crippen LogP contribution in [0.4, 0.5) is 13.2 Å². The molecule has 0 amide bonds. The van der Waals surface area contributed by atoms with E-state index in [1.54, 1.807) is 6.07 Å². The van der Waals surface area contributed by atoms with E-state index in [2.05, 4.69) is 5.32 Å². The van der Waals surface area contributed by atoms with Crippen molar-refractivity contribution in [3.05, 3.63) is 29.3 Å². The van der Waals surface area contributed by atoms with Gasteiger partial charge in [-0.25, -0.2) is 0 Å². The largest absolute Gasteiger partial charge is 0.508 e. The highest BCUT2D eigenvalue weighted by Crippen LogP contribution is 2.38. The fraction of sp³-hybridized carbons (Fsp3) is 0.625. The first kappa shape index (κ1) is 16.1. The molecule has 0 saturated heterocycles. The van der Waals surface area contributed by atoms with E-state index in [4.69, 9.17) is 0 Å². The number of aryl methyl sites for hydroxylation is 1. The van der Waals surface area contributed by atoms with Crippen LogP contribution in [0.15, 0.2) is 18.2 Å². The van der Waals surface area contributed by atoms with Crippen molar-refractivity contribution in [3.63, 3.8) is 0 Å². The molecule has 1 aliphatic carbocycles.